The van der Waals surface area contributed by atoms with Gasteiger partial charge in [-0.25, -0.2) is 0 Å². The van der Waals surface area contributed by atoms with E-state index in [9.17, 15) is 0 Å². The molecule has 0 radical (unpaired) electrons. The second-order valence-corrected chi connectivity index (χ2v) is 5.10. The van der Waals surface area contributed by atoms with E-state index in [-0.39, 0.29) is 5.60 Å². The van der Waals surface area contributed by atoms with Crippen molar-refractivity contribution in [2.45, 2.75) is 71.8 Å². The van der Waals surface area contributed by atoms with Crippen LogP contribution in [-0.2, 0) is 4.74 Å². The third kappa shape index (κ3) is 7.37. The van der Waals surface area contributed by atoms with E-state index in [0.717, 1.165) is 5.92 Å². The van der Waals surface area contributed by atoms with Crippen molar-refractivity contribution in [1.29, 1.82) is 0 Å². The Hall–Kier alpha value is -0.0400. The predicted octanol–water partition coefficient (Wildman–Crippen LogP) is 4.41. The Bertz CT molecular complexity index is 129. The molecule has 1 unspecified atom stereocenters. The van der Waals surface area contributed by atoms with Crippen LogP contribution < -0.4 is 0 Å². The third-order valence-corrected chi connectivity index (χ3v) is 3.08. The molecule has 0 amide bonds. The lowest BCUT2D eigenvalue weighted by Gasteiger charge is -2.23. The molecule has 0 rings (SSSR count). The van der Waals surface area contributed by atoms with Crippen molar-refractivity contribution in [1.82, 2.24) is 0 Å². The van der Waals surface area contributed by atoms with Gasteiger partial charge in [0.2, 0.25) is 0 Å². The lowest BCUT2D eigenvalue weighted by atomic mass is 9.94. The van der Waals surface area contributed by atoms with Crippen LogP contribution in [0.4, 0.5) is 0 Å². The summed E-state index contributed by atoms with van der Waals surface area (Å²) in [6, 6.07) is 0. The van der Waals surface area contributed by atoms with Crippen LogP contribution in [0.1, 0.15) is 66.2 Å². The molecule has 0 heterocycles. The zero-order valence-corrected chi connectivity index (χ0v) is 10.7. The predicted molar refractivity (Wildman–Crippen MR) is 63.6 cm³/mol. The maximum absolute atomic E-state index is 5.40. The van der Waals surface area contributed by atoms with Gasteiger partial charge in [-0.3, -0.25) is 0 Å². The molecule has 14 heavy (non-hydrogen) atoms. The van der Waals surface area contributed by atoms with Gasteiger partial charge in [0.15, 0.2) is 0 Å². The molecule has 0 saturated heterocycles. The molecule has 0 aliphatic carbocycles. The maximum atomic E-state index is 5.40. The van der Waals surface area contributed by atoms with Crippen LogP contribution in [0.2, 0.25) is 0 Å². The van der Waals surface area contributed by atoms with E-state index in [1.54, 1.807) is 7.11 Å². The summed E-state index contributed by atoms with van der Waals surface area (Å²) in [5.74, 6) is 0.891. The van der Waals surface area contributed by atoms with E-state index in [1.807, 2.05) is 0 Å². The molecule has 0 aromatic rings. The number of hydrogen-bond acceptors (Lipinski definition) is 1. The van der Waals surface area contributed by atoms with E-state index < -0.39 is 0 Å². The highest BCUT2D eigenvalue weighted by atomic mass is 16.5. The van der Waals surface area contributed by atoms with Gasteiger partial charge in [0.25, 0.3) is 0 Å². The van der Waals surface area contributed by atoms with E-state index in [0.29, 0.717) is 0 Å². The van der Waals surface area contributed by atoms with Crippen LogP contribution >= 0.6 is 0 Å². The summed E-state index contributed by atoms with van der Waals surface area (Å²) in [4.78, 5) is 0. The standard InChI is InChI=1S/C13H28O/c1-6-7-9-12(2)10-8-11-13(3,4)14-5/h12H,6-11H2,1-5H3. The summed E-state index contributed by atoms with van der Waals surface area (Å²) in [6.45, 7) is 8.98. The van der Waals surface area contributed by atoms with Crippen LogP contribution in [0, 0.1) is 5.92 Å². The Morgan fingerprint density at radius 1 is 1.14 bits per heavy atom. The van der Waals surface area contributed by atoms with E-state index in [1.165, 1.54) is 38.5 Å². The van der Waals surface area contributed by atoms with E-state index in [2.05, 4.69) is 27.7 Å². The van der Waals surface area contributed by atoms with Gasteiger partial charge in [0, 0.05) is 7.11 Å². The fourth-order valence-electron chi connectivity index (χ4n) is 1.68. The van der Waals surface area contributed by atoms with Gasteiger partial charge < -0.3 is 4.74 Å². The molecule has 0 aliphatic rings. The van der Waals surface area contributed by atoms with Crippen LogP contribution in [0.3, 0.4) is 0 Å². The molecule has 1 atom stereocenters. The van der Waals surface area contributed by atoms with Crippen molar-refractivity contribution < 1.29 is 4.74 Å². The number of methoxy groups -OCH3 is 1. The molecule has 0 aromatic carbocycles. The molecule has 0 fully saturated rings. The third-order valence-electron chi connectivity index (χ3n) is 3.08. The molecule has 0 aliphatic heterocycles. The summed E-state index contributed by atoms with van der Waals surface area (Å²) < 4.78 is 5.40. The Kier molecular flexibility index (Phi) is 7.26. The zero-order valence-electron chi connectivity index (χ0n) is 10.7. The highest BCUT2D eigenvalue weighted by Gasteiger charge is 2.15. The van der Waals surface area contributed by atoms with Gasteiger partial charge in [-0.2, -0.15) is 0 Å². The monoisotopic (exact) mass is 200 g/mol. The first kappa shape index (κ1) is 14.0. The van der Waals surface area contributed by atoms with Crippen LogP contribution in [0.5, 0.6) is 0 Å². The molecule has 0 bridgehead atoms. The Morgan fingerprint density at radius 2 is 1.71 bits per heavy atom. The van der Waals surface area contributed by atoms with Crippen molar-refractivity contribution in [3.05, 3.63) is 0 Å². The second kappa shape index (κ2) is 7.28. The summed E-state index contributed by atoms with van der Waals surface area (Å²) >= 11 is 0. The van der Waals surface area contributed by atoms with Gasteiger partial charge in [-0.1, -0.05) is 46.0 Å². The number of rotatable bonds is 8. The SMILES string of the molecule is CCCCC(C)CCCC(C)(C)OC. The van der Waals surface area contributed by atoms with E-state index in [4.69, 9.17) is 4.74 Å². The van der Waals surface area contributed by atoms with Crippen molar-refractivity contribution in [3.63, 3.8) is 0 Å². The fourth-order valence-corrected chi connectivity index (χ4v) is 1.68. The molecule has 1 heteroatoms. The average molecular weight is 200 g/mol. The van der Waals surface area contributed by atoms with Crippen molar-refractivity contribution >= 4 is 0 Å². The van der Waals surface area contributed by atoms with Crippen LogP contribution in [-0.4, -0.2) is 12.7 Å². The smallest absolute Gasteiger partial charge is 0.0622 e. The molecule has 0 N–H and O–H groups in total. The van der Waals surface area contributed by atoms with Gasteiger partial charge in [0.05, 0.1) is 5.60 Å². The molecule has 0 aromatic heterocycles. The lowest BCUT2D eigenvalue weighted by molar-refractivity contribution is 0.0127. The van der Waals surface area contributed by atoms with Crippen molar-refractivity contribution in [3.8, 4) is 0 Å². The quantitative estimate of drug-likeness (QED) is 0.564. The molecule has 0 saturated carbocycles. The van der Waals surface area contributed by atoms with Crippen LogP contribution in [0.15, 0.2) is 0 Å². The highest BCUT2D eigenvalue weighted by Crippen LogP contribution is 2.21. The minimum Gasteiger partial charge on any atom is -0.379 e. The first-order valence-corrected chi connectivity index (χ1v) is 6.07. The molecule has 0 spiro atoms. The summed E-state index contributed by atoms with van der Waals surface area (Å²) in [5.41, 5.74) is 0.0739. The van der Waals surface area contributed by atoms with Crippen molar-refractivity contribution in [2.24, 2.45) is 5.92 Å². The minimum absolute atomic E-state index is 0.0739. The number of unbranched alkanes of at least 4 members (excludes halogenated alkanes) is 1. The van der Waals surface area contributed by atoms with Gasteiger partial charge >= 0.3 is 0 Å². The van der Waals surface area contributed by atoms with Crippen LogP contribution in [0.25, 0.3) is 0 Å². The maximum Gasteiger partial charge on any atom is 0.0622 e. The average Bonchev–Trinajstić information content (AvgIpc) is 2.14. The van der Waals surface area contributed by atoms with Gasteiger partial charge in [0.1, 0.15) is 0 Å². The Labute approximate surface area is 90.2 Å². The largest absolute Gasteiger partial charge is 0.379 e. The first-order valence-electron chi connectivity index (χ1n) is 6.07. The highest BCUT2D eigenvalue weighted by molar-refractivity contribution is 4.68. The van der Waals surface area contributed by atoms with E-state index >= 15 is 0 Å². The Morgan fingerprint density at radius 3 is 2.21 bits per heavy atom. The minimum atomic E-state index is 0.0739. The fraction of sp³-hybridized carbons (Fsp3) is 1.00. The Balaban J connectivity index is 3.43. The van der Waals surface area contributed by atoms with Gasteiger partial charge in [-0.15, -0.1) is 0 Å². The number of hydrogen-bond donors (Lipinski definition) is 0. The summed E-state index contributed by atoms with van der Waals surface area (Å²) in [6.07, 6.45) is 7.94. The second-order valence-electron chi connectivity index (χ2n) is 5.10. The summed E-state index contributed by atoms with van der Waals surface area (Å²) in [7, 11) is 1.81. The molecular formula is C13H28O. The van der Waals surface area contributed by atoms with Crippen molar-refractivity contribution in [2.75, 3.05) is 7.11 Å². The van der Waals surface area contributed by atoms with Gasteiger partial charge in [-0.05, 0) is 26.2 Å². The topological polar surface area (TPSA) is 9.23 Å². The first-order chi connectivity index (χ1) is 6.52. The number of ether oxygens (including phenoxy) is 1. The molecule has 1 nitrogen and oxygen atoms in total. The summed E-state index contributed by atoms with van der Waals surface area (Å²) in [5, 5.41) is 0. The normalized spacial score (nSPS) is 14.4. The molecule has 86 valence electrons. The molecular weight excluding hydrogens is 172 g/mol. The lowest BCUT2D eigenvalue weighted by Crippen LogP contribution is -2.22. The zero-order chi connectivity index (χ0) is 11.0.